The van der Waals surface area contributed by atoms with E-state index in [2.05, 4.69) is 34.5 Å². The molecule has 0 radical (unpaired) electrons. The van der Waals surface area contributed by atoms with Gasteiger partial charge in [-0.1, -0.05) is 30.3 Å². The lowest BCUT2D eigenvalue weighted by molar-refractivity contribution is -0.139. The molecule has 2 saturated carbocycles. The van der Waals surface area contributed by atoms with E-state index < -0.39 is 5.97 Å². The first-order valence-electron chi connectivity index (χ1n) is 9.88. The normalized spacial score (nSPS) is 22.0. The van der Waals surface area contributed by atoms with Crippen molar-refractivity contribution >= 4 is 16.7 Å². The molecule has 0 unspecified atom stereocenters. The molecule has 0 bridgehead atoms. The van der Waals surface area contributed by atoms with E-state index in [1.54, 1.807) is 7.11 Å². The highest BCUT2D eigenvalue weighted by atomic mass is 16.5. The molecule has 0 atom stereocenters. The predicted molar refractivity (Wildman–Crippen MR) is 106 cm³/mol. The van der Waals surface area contributed by atoms with Gasteiger partial charge in [-0.3, -0.25) is 9.69 Å². The van der Waals surface area contributed by atoms with Crippen LogP contribution in [0.25, 0.3) is 10.8 Å². The molecule has 2 aromatic carbocycles. The number of ether oxygens (including phenoxy) is 1. The molecule has 2 aliphatic rings. The summed E-state index contributed by atoms with van der Waals surface area (Å²) in [7, 11) is 1.71. The molecule has 2 fully saturated rings. The largest absolute Gasteiger partial charge is 0.496 e. The lowest BCUT2D eigenvalue weighted by Gasteiger charge is -2.43. The van der Waals surface area contributed by atoms with E-state index in [1.165, 1.54) is 23.8 Å². The van der Waals surface area contributed by atoms with E-state index in [0.29, 0.717) is 12.1 Å². The number of aliphatic carboxylic acids is 1. The lowest BCUT2D eigenvalue weighted by Crippen LogP contribution is -2.54. The van der Waals surface area contributed by atoms with E-state index in [1.807, 2.05) is 12.1 Å². The van der Waals surface area contributed by atoms with Crippen LogP contribution in [-0.4, -0.2) is 48.3 Å². The van der Waals surface area contributed by atoms with Gasteiger partial charge in [0, 0.05) is 30.6 Å². The van der Waals surface area contributed by atoms with Crippen LogP contribution < -0.4 is 10.1 Å². The number of carboxylic acids is 1. The molecule has 0 saturated heterocycles. The van der Waals surface area contributed by atoms with Gasteiger partial charge in [0.05, 0.1) is 13.7 Å². The Morgan fingerprint density at radius 1 is 1.19 bits per heavy atom. The highest BCUT2D eigenvalue weighted by Crippen LogP contribution is 2.34. The number of hydrogen-bond donors (Lipinski definition) is 2. The zero-order chi connectivity index (χ0) is 18.8. The fourth-order valence-corrected chi connectivity index (χ4v) is 4.12. The van der Waals surface area contributed by atoms with Crippen molar-refractivity contribution in [2.45, 2.75) is 44.3 Å². The molecule has 0 aromatic heterocycles. The summed E-state index contributed by atoms with van der Waals surface area (Å²) in [5.74, 6) is 0.918. The molecule has 0 heterocycles. The van der Waals surface area contributed by atoms with Crippen molar-refractivity contribution < 1.29 is 14.6 Å². The van der Waals surface area contributed by atoms with E-state index in [4.69, 9.17) is 4.74 Å². The van der Waals surface area contributed by atoms with Gasteiger partial charge in [-0.2, -0.15) is 0 Å². The van der Waals surface area contributed by atoms with Crippen LogP contribution in [0.15, 0.2) is 36.4 Å². The zero-order valence-corrected chi connectivity index (χ0v) is 15.9. The maximum atomic E-state index is 11.2. The highest BCUT2D eigenvalue weighted by molar-refractivity contribution is 5.91. The standard InChI is InChI=1S/C22H28N2O3/c1-27-21-9-8-16(19-4-2-3-5-20(19)21)12-23-17-10-18(11-17)24(14-22(25)26)13-15-6-7-15/h2-5,8-9,15,17-18,23H,6-7,10-14H2,1H3,(H,25,26). The van der Waals surface area contributed by atoms with Crippen LogP contribution in [0.2, 0.25) is 0 Å². The minimum absolute atomic E-state index is 0.178. The summed E-state index contributed by atoms with van der Waals surface area (Å²) >= 11 is 0. The first-order valence-corrected chi connectivity index (χ1v) is 9.88. The number of hydrogen-bond acceptors (Lipinski definition) is 4. The Bertz CT molecular complexity index is 812. The maximum Gasteiger partial charge on any atom is 0.317 e. The number of benzene rings is 2. The van der Waals surface area contributed by atoms with Gasteiger partial charge in [0.1, 0.15) is 5.75 Å². The van der Waals surface area contributed by atoms with E-state index >= 15 is 0 Å². The summed E-state index contributed by atoms with van der Waals surface area (Å²) in [5, 5.41) is 15.2. The monoisotopic (exact) mass is 368 g/mol. The van der Waals surface area contributed by atoms with Gasteiger partial charge in [0.25, 0.3) is 0 Å². The van der Waals surface area contributed by atoms with E-state index in [0.717, 1.165) is 43.0 Å². The molecule has 2 aliphatic carbocycles. The third-order valence-corrected chi connectivity index (χ3v) is 5.93. The van der Waals surface area contributed by atoms with Crippen molar-refractivity contribution in [3.63, 3.8) is 0 Å². The Balaban J connectivity index is 1.34. The summed E-state index contributed by atoms with van der Waals surface area (Å²) in [5.41, 5.74) is 1.27. The van der Waals surface area contributed by atoms with Crippen molar-refractivity contribution in [1.82, 2.24) is 10.2 Å². The second-order valence-electron chi connectivity index (χ2n) is 7.94. The number of nitrogens with zero attached hydrogens (tertiary/aromatic N) is 1. The minimum Gasteiger partial charge on any atom is -0.496 e. The quantitative estimate of drug-likeness (QED) is 0.711. The van der Waals surface area contributed by atoms with Gasteiger partial charge in [-0.15, -0.1) is 0 Å². The molecule has 4 rings (SSSR count). The molecule has 144 valence electrons. The molecule has 5 nitrogen and oxygen atoms in total. The van der Waals surface area contributed by atoms with Crippen LogP contribution in [0.1, 0.15) is 31.2 Å². The average molecular weight is 368 g/mol. The van der Waals surface area contributed by atoms with Crippen molar-refractivity contribution in [1.29, 1.82) is 0 Å². The topological polar surface area (TPSA) is 61.8 Å². The van der Waals surface area contributed by atoms with Gasteiger partial charge in [0.15, 0.2) is 0 Å². The van der Waals surface area contributed by atoms with Gasteiger partial charge < -0.3 is 15.2 Å². The van der Waals surface area contributed by atoms with Crippen LogP contribution in [0.4, 0.5) is 0 Å². The van der Waals surface area contributed by atoms with Crippen molar-refractivity contribution in [2.24, 2.45) is 5.92 Å². The number of methoxy groups -OCH3 is 1. The average Bonchev–Trinajstić information content (AvgIpc) is 3.43. The molecule has 2 N–H and O–H groups in total. The number of fused-ring (bicyclic) bond motifs is 1. The SMILES string of the molecule is COc1ccc(CNC2CC(N(CC(=O)O)CC3CC3)C2)c2ccccc12. The Morgan fingerprint density at radius 3 is 2.59 bits per heavy atom. The summed E-state index contributed by atoms with van der Waals surface area (Å²) in [4.78, 5) is 13.3. The minimum atomic E-state index is -0.711. The molecule has 27 heavy (non-hydrogen) atoms. The number of rotatable bonds is 9. The number of carbonyl (C=O) groups is 1. The Morgan fingerprint density at radius 2 is 1.93 bits per heavy atom. The van der Waals surface area contributed by atoms with Crippen LogP contribution in [-0.2, 0) is 11.3 Å². The third-order valence-electron chi connectivity index (χ3n) is 5.93. The first-order chi connectivity index (χ1) is 13.1. The van der Waals surface area contributed by atoms with Crippen LogP contribution in [0.3, 0.4) is 0 Å². The molecule has 5 heteroatoms. The maximum absolute atomic E-state index is 11.2. The van der Waals surface area contributed by atoms with Crippen LogP contribution >= 0.6 is 0 Å². The van der Waals surface area contributed by atoms with Crippen LogP contribution in [0, 0.1) is 5.92 Å². The fourth-order valence-electron chi connectivity index (χ4n) is 4.12. The molecular weight excluding hydrogens is 340 g/mol. The number of carboxylic acid groups (broad SMARTS) is 1. The molecule has 0 spiro atoms. The highest BCUT2D eigenvalue weighted by Gasteiger charge is 2.36. The summed E-state index contributed by atoms with van der Waals surface area (Å²) in [6.07, 6.45) is 4.59. The second-order valence-corrected chi connectivity index (χ2v) is 7.94. The van der Waals surface area contributed by atoms with Crippen molar-refractivity contribution in [3.8, 4) is 5.75 Å². The molecule has 0 amide bonds. The predicted octanol–water partition coefficient (Wildman–Crippen LogP) is 3.27. The smallest absolute Gasteiger partial charge is 0.317 e. The van der Waals surface area contributed by atoms with Crippen LogP contribution in [0.5, 0.6) is 5.75 Å². The Hall–Kier alpha value is -2.11. The zero-order valence-electron chi connectivity index (χ0n) is 15.9. The lowest BCUT2D eigenvalue weighted by atomic mass is 9.85. The Labute approximate surface area is 160 Å². The second kappa shape index (κ2) is 7.87. The van der Waals surface area contributed by atoms with Crippen molar-refractivity contribution in [3.05, 3.63) is 42.0 Å². The van der Waals surface area contributed by atoms with Crippen molar-refractivity contribution in [2.75, 3.05) is 20.2 Å². The first kappa shape index (κ1) is 18.3. The van der Waals surface area contributed by atoms with Gasteiger partial charge in [-0.05, 0) is 48.6 Å². The van der Waals surface area contributed by atoms with Gasteiger partial charge in [-0.25, -0.2) is 0 Å². The number of nitrogens with one attached hydrogen (secondary N) is 1. The molecule has 2 aromatic rings. The van der Waals surface area contributed by atoms with E-state index in [-0.39, 0.29) is 6.54 Å². The van der Waals surface area contributed by atoms with Gasteiger partial charge >= 0.3 is 5.97 Å². The summed E-state index contributed by atoms with van der Waals surface area (Å²) in [6.45, 7) is 1.95. The Kier molecular flexibility index (Phi) is 5.32. The molecular formula is C22H28N2O3. The summed E-state index contributed by atoms with van der Waals surface area (Å²) in [6, 6.07) is 13.4. The van der Waals surface area contributed by atoms with E-state index in [9.17, 15) is 9.90 Å². The third kappa shape index (κ3) is 4.25. The fraction of sp³-hybridized carbons (Fsp3) is 0.500. The summed E-state index contributed by atoms with van der Waals surface area (Å²) < 4.78 is 5.48. The van der Waals surface area contributed by atoms with Gasteiger partial charge in [0.2, 0.25) is 0 Å². The molecule has 0 aliphatic heterocycles.